The molecular formula is C13H16N2O. The standard InChI is InChI=1S/C13H16N2O/c1-10(2)11-3-5-13(8-14,9-15)12(7-11)4-6-16/h3,5-6,10-12H,4,7H2,1-2H3/t11-,12-/m1/s1. The lowest BCUT2D eigenvalue weighted by Gasteiger charge is -2.33. The number of nitriles is 2. The first kappa shape index (κ1) is 12.5. The van der Waals surface area contributed by atoms with E-state index in [9.17, 15) is 4.79 Å². The number of carbonyl (C=O) groups excluding carboxylic acids is 1. The summed E-state index contributed by atoms with van der Waals surface area (Å²) >= 11 is 0. The lowest BCUT2D eigenvalue weighted by atomic mass is 9.66. The summed E-state index contributed by atoms with van der Waals surface area (Å²) in [6, 6.07) is 4.11. The number of allylic oxidation sites excluding steroid dienone is 2. The van der Waals surface area contributed by atoms with Gasteiger partial charge in [0.1, 0.15) is 6.29 Å². The average Bonchev–Trinajstić information content (AvgIpc) is 2.29. The second-order valence-electron chi connectivity index (χ2n) is 4.69. The van der Waals surface area contributed by atoms with Gasteiger partial charge in [0.05, 0.1) is 12.1 Å². The van der Waals surface area contributed by atoms with Gasteiger partial charge in [-0.1, -0.05) is 26.0 Å². The molecule has 1 aliphatic carbocycles. The van der Waals surface area contributed by atoms with Crippen molar-refractivity contribution in [1.82, 2.24) is 0 Å². The molecule has 0 N–H and O–H groups in total. The van der Waals surface area contributed by atoms with Crippen molar-refractivity contribution >= 4 is 6.29 Å². The molecule has 0 bridgehead atoms. The summed E-state index contributed by atoms with van der Waals surface area (Å²) < 4.78 is 0. The number of hydrogen-bond donors (Lipinski definition) is 0. The van der Waals surface area contributed by atoms with Crippen LogP contribution in [0.3, 0.4) is 0 Å². The molecule has 0 aromatic rings. The zero-order chi connectivity index (χ0) is 12.2. The van der Waals surface area contributed by atoms with Crippen LogP contribution >= 0.6 is 0 Å². The molecule has 0 aromatic heterocycles. The van der Waals surface area contributed by atoms with E-state index in [4.69, 9.17) is 10.5 Å². The minimum atomic E-state index is -1.10. The van der Waals surface area contributed by atoms with Gasteiger partial charge in [0.25, 0.3) is 0 Å². The molecule has 0 fully saturated rings. The zero-order valence-corrected chi connectivity index (χ0v) is 9.68. The van der Waals surface area contributed by atoms with Crippen molar-refractivity contribution < 1.29 is 4.79 Å². The van der Waals surface area contributed by atoms with E-state index < -0.39 is 5.41 Å². The summed E-state index contributed by atoms with van der Waals surface area (Å²) in [5, 5.41) is 18.2. The normalized spacial score (nSPS) is 27.1. The molecule has 0 heterocycles. The minimum Gasteiger partial charge on any atom is -0.303 e. The fraction of sp³-hybridized carbons (Fsp3) is 0.615. The summed E-state index contributed by atoms with van der Waals surface area (Å²) in [5.41, 5.74) is -1.10. The van der Waals surface area contributed by atoms with E-state index in [0.29, 0.717) is 11.8 Å². The molecule has 2 atom stereocenters. The highest BCUT2D eigenvalue weighted by molar-refractivity contribution is 5.51. The van der Waals surface area contributed by atoms with Crippen LogP contribution in [-0.4, -0.2) is 6.29 Å². The number of nitrogens with zero attached hydrogens (tertiary/aromatic N) is 2. The molecule has 0 saturated carbocycles. The van der Waals surface area contributed by atoms with E-state index in [0.717, 1.165) is 12.7 Å². The van der Waals surface area contributed by atoms with Crippen LogP contribution in [0.1, 0.15) is 26.7 Å². The van der Waals surface area contributed by atoms with Crippen LogP contribution in [0.5, 0.6) is 0 Å². The van der Waals surface area contributed by atoms with Crippen LogP contribution in [-0.2, 0) is 4.79 Å². The highest BCUT2D eigenvalue weighted by Gasteiger charge is 2.41. The van der Waals surface area contributed by atoms with E-state index in [-0.39, 0.29) is 12.3 Å². The van der Waals surface area contributed by atoms with E-state index in [1.807, 2.05) is 6.08 Å². The second-order valence-corrected chi connectivity index (χ2v) is 4.69. The number of hydrogen-bond acceptors (Lipinski definition) is 3. The topological polar surface area (TPSA) is 64.7 Å². The quantitative estimate of drug-likeness (QED) is 0.537. The van der Waals surface area contributed by atoms with Crippen LogP contribution in [0.25, 0.3) is 0 Å². The minimum absolute atomic E-state index is 0.169. The van der Waals surface area contributed by atoms with E-state index in [1.165, 1.54) is 0 Å². The maximum Gasteiger partial charge on any atom is 0.165 e. The maximum atomic E-state index is 10.6. The lowest BCUT2D eigenvalue weighted by molar-refractivity contribution is -0.109. The van der Waals surface area contributed by atoms with Crippen molar-refractivity contribution in [2.45, 2.75) is 26.7 Å². The second kappa shape index (κ2) is 4.94. The Bertz CT molecular complexity index is 356. The van der Waals surface area contributed by atoms with Crippen molar-refractivity contribution in [3.8, 4) is 12.1 Å². The van der Waals surface area contributed by atoms with Crippen molar-refractivity contribution in [2.75, 3.05) is 0 Å². The SMILES string of the molecule is CC(C)[C@@H]1C=CC(C#N)(C#N)[C@H](CC=O)C1. The first-order valence-corrected chi connectivity index (χ1v) is 5.55. The summed E-state index contributed by atoms with van der Waals surface area (Å²) in [6.45, 7) is 4.22. The van der Waals surface area contributed by atoms with Gasteiger partial charge >= 0.3 is 0 Å². The van der Waals surface area contributed by atoms with Gasteiger partial charge in [0.15, 0.2) is 5.41 Å². The molecule has 0 aliphatic heterocycles. The van der Waals surface area contributed by atoms with Gasteiger partial charge in [0.2, 0.25) is 0 Å². The Hall–Kier alpha value is -1.61. The Labute approximate surface area is 96.4 Å². The Balaban J connectivity index is 3.03. The Morgan fingerprint density at radius 1 is 1.50 bits per heavy atom. The van der Waals surface area contributed by atoms with Gasteiger partial charge in [-0.2, -0.15) is 10.5 Å². The molecule has 84 valence electrons. The highest BCUT2D eigenvalue weighted by Crippen LogP contribution is 2.41. The van der Waals surface area contributed by atoms with Gasteiger partial charge in [-0.25, -0.2) is 0 Å². The molecule has 1 rings (SSSR count). The molecule has 3 heteroatoms. The zero-order valence-electron chi connectivity index (χ0n) is 9.68. The number of carbonyl (C=O) groups is 1. The summed E-state index contributed by atoms with van der Waals surface area (Å²) in [6.07, 6.45) is 5.49. The largest absolute Gasteiger partial charge is 0.303 e. The van der Waals surface area contributed by atoms with Crippen molar-refractivity contribution in [3.05, 3.63) is 12.2 Å². The molecule has 0 spiro atoms. The van der Waals surface area contributed by atoms with Crippen LogP contribution in [0, 0.1) is 45.8 Å². The Kier molecular flexibility index (Phi) is 3.85. The third kappa shape index (κ3) is 2.14. The Morgan fingerprint density at radius 2 is 2.12 bits per heavy atom. The number of aldehydes is 1. The molecule has 0 unspecified atom stereocenters. The van der Waals surface area contributed by atoms with Gasteiger partial charge in [-0.15, -0.1) is 0 Å². The van der Waals surface area contributed by atoms with Crippen LogP contribution in [0.4, 0.5) is 0 Å². The fourth-order valence-electron chi connectivity index (χ4n) is 2.18. The van der Waals surface area contributed by atoms with Gasteiger partial charge in [-0.3, -0.25) is 0 Å². The fourth-order valence-corrected chi connectivity index (χ4v) is 2.18. The molecule has 1 aliphatic rings. The van der Waals surface area contributed by atoms with Crippen LogP contribution in [0.2, 0.25) is 0 Å². The third-order valence-electron chi connectivity index (χ3n) is 3.41. The molecule has 0 radical (unpaired) electrons. The average molecular weight is 216 g/mol. The van der Waals surface area contributed by atoms with Crippen LogP contribution < -0.4 is 0 Å². The van der Waals surface area contributed by atoms with Crippen molar-refractivity contribution in [3.63, 3.8) is 0 Å². The first-order chi connectivity index (χ1) is 7.59. The highest BCUT2D eigenvalue weighted by atomic mass is 16.1. The predicted octanol–water partition coefficient (Wildman–Crippen LogP) is 2.46. The molecule has 0 amide bonds. The number of rotatable bonds is 3. The first-order valence-electron chi connectivity index (χ1n) is 5.55. The molecule has 16 heavy (non-hydrogen) atoms. The van der Waals surface area contributed by atoms with Gasteiger partial charge in [0, 0.05) is 12.3 Å². The molecule has 0 aromatic carbocycles. The van der Waals surface area contributed by atoms with E-state index in [1.54, 1.807) is 6.08 Å². The van der Waals surface area contributed by atoms with Gasteiger partial charge < -0.3 is 4.79 Å². The summed E-state index contributed by atoms with van der Waals surface area (Å²) in [5.74, 6) is 0.665. The Morgan fingerprint density at radius 3 is 2.56 bits per heavy atom. The van der Waals surface area contributed by atoms with Crippen molar-refractivity contribution in [1.29, 1.82) is 10.5 Å². The van der Waals surface area contributed by atoms with Crippen molar-refractivity contribution in [2.24, 2.45) is 23.2 Å². The third-order valence-corrected chi connectivity index (χ3v) is 3.41. The lowest BCUT2D eigenvalue weighted by Crippen LogP contribution is -2.32. The summed E-state index contributed by atoms with van der Waals surface area (Å²) in [7, 11) is 0. The molecular weight excluding hydrogens is 200 g/mol. The maximum absolute atomic E-state index is 10.6. The van der Waals surface area contributed by atoms with Gasteiger partial charge in [-0.05, 0) is 18.3 Å². The smallest absolute Gasteiger partial charge is 0.165 e. The molecule has 3 nitrogen and oxygen atoms in total. The summed E-state index contributed by atoms with van der Waals surface area (Å²) in [4.78, 5) is 10.6. The monoisotopic (exact) mass is 216 g/mol. The van der Waals surface area contributed by atoms with E-state index >= 15 is 0 Å². The predicted molar refractivity (Wildman–Crippen MR) is 59.9 cm³/mol. The van der Waals surface area contributed by atoms with Crippen LogP contribution in [0.15, 0.2) is 12.2 Å². The molecule has 0 saturated heterocycles. The van der Waals surface area contributed by atoms with E-state index in [2.05, 4.69) is 26.0 Å².